The van der Waals surface area contributed by atoms with E-state index in [2.05, 4.69) is 15.2 Å². The smallest absolute Gasteiger partial charge is 0.345 e. The van der Waals surface area contributed by atoms with Crippen molar-refractivity contribution in [2.24, 2.45) is 0 Å². The van der Waals surface area contributed by atoms with Crippen molar-refractivity contribution < 1.29 is 13.2 Å². The summed E-state index contributed by atoms with van der Waals surface area (Å²) in [6, 6.07) is 22.8. The molecule has 3 aromatic carbocycles. The standard InChI is InChI=1S/C23H21F3N4/c1-2-22(30-21-11-7-6-10-20(21)27-28-30)29(16-17-8-4-3-5-9-17)19-14-12-18(13-15-19)23(24,25)26/h3-15,22H,2,16H2,1H3. The molecule has 0 saturated carbocycles. The molecule has 1 unspecified atom stereocenters. The molecule has 4 nitrogen and oxygen atoms in total. The van der Waals surface area contributed by atoms with Gasteiger partial charge in [-0.25, -0.2) is 4.68 Å². The van der Waals surface area contributed by atoms with Gasteiger partial charge < -0.3 is 4.90 Å². The zero-order valence-corrected chi connectivity index (χ0v) is 16.4. The quantitative estimate of drug-likeness (QED) is 0.387. The fraction of sp³-hybridized carbons (Fsp3) is 0.217. The number of rotatable bonds is 6. The minimum atomic E-state index is -4.37. The number of fused-ring (bicyclic) bond motifs is 1. The lowest BCUT2D eigenvalue weighted by Crippen LogP contribution is -2.32. The van der Waals surface area contributed by atoms with Gasteiger partial charge in [-0.3, -0.25) is 0 Å². The highest BCUT2D eigenvalue weighted by Crippen LogP contribution is 2.33. The predicted octanol–water partition coefficient (Wildman–Crippen LogP) is 6.07. The van der Waals surface area contributed by atoms with E-state index in [-0.39, 0.29) is 6.17 Å². The number of anilines is 1. The largest absolute Gasteiger partial charge is 0.416 e. The Balaban J connectivity index is 1.77. The van der Waals surface area contributed by atoms with Crippen LogP contribution in [0, 0.1) is 0 Å². The molecule has 1 aromatic heterocycles. The first-order chi connectivity index (χ1) is 14.5. The number of para-hydroxylation sites is 1. The molecule has 30 heavy (non-hydrogen) atoms. The normalized spacial score (nSPS) is 12.8. The molecule has 0 radical (unpaired) electrons. The van der Waals surface area contributed by atoms with Crippen LogP contribution in [0.1, 0.15) is 30.6 Å². The molecule has 0 N–H and O–H groups in total. The maximum atomic E-state index is 13.1. The minimum absolute atomic E-state index is 0.214. The van der Waals surface area contributed by atoms with Crippen LogP contribution in [-0.4, -0.2) is 15.0 Å². The Kier molecular flexibility index (Phi) is 5.44. The third-order valence-electron chi connectivity index (χ3n) is 5.11. The van der Waals surface area contributed by atoms with Crippen LogP contribution in [0.25, 0.3) is 11.0 Å². The lowest BCUT2D eigenvalue weighted by Gasteiger charge is -2.33. The monoisotopic (exact) mass is 410 g/mol. The second kappa shape index (κ2) is 8.18. The average Bonchev–Trinajstić information content (AvgIpc) is 3.18. The number of alkyl halides is 3. The van der Waals surface area contributed by atoms with Crippen molar-refractivity contribution in [1.82, 2.24) is 15.0 Å². The van der Waals surface area contributed by atoms with Crippen molar-refractivity contribution in [2.75, 3.05) is 4.90 Å². The molecule has 0 bridgehead atoms. The maximum absolute atomic E-state index is 13.1. The second-order valence-corrected chi connectivity index (χ2v) is 7.07. The van der Waals surface area contributed by atoms with Crippen LogP contribution < -0.4 is 4.90 Å². The van der Waals surface area contributed by atoms with Gasteiger partial charge in [-0.1, -0.05) is 54.6 Å². The topological polar surface area (TPSA) is 34.0 Å². The number of hydrogen-bond donors (Lipinski definition) is 0. The molecule has 0 aliphatic heterocycles. The molecule has 0 aliphatic rings. The highest BCUT2D eigenvalue weighted by atomic mass is 19.4. The molecule has 0 fully saturated rings. The maximum Gasteiger partial charge on any atom is 0.416 e. The van der Waals surface area contributed by atoms with Crippen molar-refractivity contribution in [3.8, 4) is 0 Å². The number of aromatic nitrogens is 3. The van der Waals surface area contributed by atoms with Gasteiger partial charge in [-0.15, -0.1) is 5.10 Å². The van der Waals surface area contributed by atoms with E-state index >= 15 is 0 Å². The van der Waals surface area contributed by atoms with Crippen LogP contribution in [0.4, 0.5) is 18.9 Å². The summed E-state index contributed by atoms with van der Waals surface area (Å²) in [5, 5.41) is 8.61. The van der Waals surface area contributed by atoms with Gasteiger partial charge in [0.1, 0.15) is 11.7 Å². The highest BCUT2D eigenvalue weighted by molar-refractivity contribution is 5.74. The third kappa shape index (κ3) is 4.01. The van der Waals surface area contributed by atoms with E-state index in [4.69, 9.17) is 0 Å². The summed E-state index contributed by atoms with van der Waals surface area (Å²) in [5.74, 6) is 0. The molecule has 0 saturated heterocycles. The Morgan fingerprint density at radius 2 is 1.57 bits per heavy atom. The van der Waals surface area contributed by atoms with Gasteiger partial charge in [-0.2, -0.15) is 13.2 Å². The molecule has 4 aromatic rings. The Hall–Kier alpha value is -3.35. The Bertz CT molecular complexity index is 1100. The highest BCUT2D eigenvalue weighted by Gasteiger charge is 2.31. The lowest BCUT2D eigenvalue weighted by molar-refractivity contribution is -0.137. The van der Waals surface area contributed by atoms with E-state index in [0.717, 1.165) is 28.7 Å². The molecular weight excluding hydrogens is 389 g/mol. The third-order valence-corrected chi connectivity index (χ3v) is 5.11. The van der Waals surface area contributed by atoms with Crippen LogP contribution in [0.5, 0.6) is 0 Å². The molecule has 7 heteroatoms. The van der Waals surface area contributed by atoms with Gasteiger partial charge >= 0.3 is 6.18 Å². The van der Waals surface area contributed by atoms with Gasteiger partial charge in [-0.05, 0) is 48.4 Å². The summed E-state index contributed by atoms with van der Waals surface area (Å²) >= 11 is 0. The molecule has 0 amide bonds. The van der Waals surface area contributed by atoms with E-state index in [1.165, 1.54) is 12.1 Å². The lowest BCUT2D eigenvalue weighted by atomic mass is 10.1. The van der Waals surface area contributed by atoms with E-state index in [1.54, 1.807) is 0 Å². The van der Waals surface area contributed by atoms with Crippen molar-refractivity contribution in [1.29, 1.82) is 0 Å². The SMILES string of the molecule is CCC(N(Cc1ccccc1)c1ccc(C(F)(F)F)cc1)n1nnc2ccccc21. The van der Waals surface area contributed by atoms with E-state index in [0.29, 0.717) is 18.7 Å². The first kappa shape index (κ1) is 19.9. The summed E-state index contributed by atoms with van der Waals surface area (Å²) in [6.07, 6.45) is -3.88. The predicted molar refractivity (Wildman–Crippen MR) is 111 cm³/mol. The van der Waals surface area contributed by atoms with Crippen LogP contribution in [0.15, 0.2) is 78.9 Å². The molecule has 1 heterocycles. The molecule has 0 aliphatic carbocycles. The zero-order valence-electron chi connectivity index (χ0n) is 16.4. The first-order valence-corrected chi connectivity index (χ1v) is 9.75. The summed E-state index contributed by atoms with van der Waals surface area (Å²) < 4.78 is 41.0. The summed E-state index contributed by atoms with van der Waals surface area (Å²) in [6.45, 7) is 2.56. The number of hydrogen-bond acceptors (Lipinski definition) is 3. The molecular formula is C23H21F3N4. The minimum Gasteiger partial charge on any atom is -0.345 e. The fourth-order valence-electron chi connectivity index (χ4n) is 3.62. The van der Waals surface area contributed by atoms with Crippen LogP contribution >= 0.6 is 0 Å². The van der Waals surface area contributed by atoms with Crippen LogP contribution in [-0.2, 0) is 12.7 Å². The Labute approximate surface area is 172 Å². The van der Waals surface area contributed by atoms with Crippen LogP contribution in [0.2, 0.25) is 0 Å². The van der Waals surface area contributed by atoms with E-state index < -0.39 is 11.7 Å². The van der Waals surface area contributed by atoms with Crippen molar-refractivity contribution in [3.63, 3.8) is 0 Å². The summed E-state index contributed by atoms with van der Waals surface area (Å²) in [5.41, 5.74) is 2.75. The number of halogens is 3. The van der Waals surface area contributed by atoms with Crippen molar-refractivity contribution >= 4 is 16.7 Å². The van der Waals surface area contributed by atoms with Gasteiger partial charge in [0.2, 0.25) is 0 Å². The van der Waals surface area contributed by atoms with Crippen molar-refractivity contribution in [2.45, 2.75) is 32.2 Å². The average molecular weight is 410 g/mol. The number of nitrogens with zero attached hydrogens (tertiary/aromatic N) is 4. The van der Waals surface area contributed by atoms with Gasteiger partial charge in [0, 0.05) is 12.2 Å². The first-order valence-electron chi connectivity index (χ1n) is 9.75. The van der Waals surface area contributed by atoms with Crippen LogP contribution in [0.3, 0.4) is 0 Å². The molecule has 1 atom stereocenters. The summed E-state index contributed by atoms with van der Waals surface area (Å²) in [7, 11) is 0. The fourth-order valence-corrected chi connectivity index (χ4v) is 3.62. The molecule has 154 valence electrons. The molecule has 4 rings (SSSR count). The van der Waals surface area contributed by atoms with Gasteiger partial charge in [0.15, 0.2) is 0 Å². The molecule has 0 spiro atoms. The zero-order chi connectivity index (χ0) is 21.1. The van der Waals surface area contributed by atoms with E-state index in [1.807, 2.05) is 66.2 Å². The Morgan fingerprint density at radius 1 is 0.900 bits per heavy atom. The Morgan fingerprint density at radius 3 is 2.23 bits per heavy atom. The second-order valence-electron chi connectivity index (χ2n) is 7.07. The van der Waals surface area contributed by atoms with Gasteiger partial charge in [0.25, 0.3) is 0 Å². The summed E-state index contributed by atoms with van der Waals surface area (Å²) in [4.78, 5) is 2.07. The van der Waals surface area contributed by atoms with Crippen molar-refractivity contribution in [3.05, 3.63) is 90.0 Å². The van der Waals surface area contributed by atoms with E-state index in [9.17, 15) is 13.2 Å². The number of benzene rings is 3. The van der Waals surface area contributed by atoms with Gasteiger partial charge in [0.05, 0.1) is 11.1 Å².